The number of nitrogens with one attached hydrogen (secondary N) is 1. The average molecular weight is 630 g/mol. The molecule has 0 radical (unpaired) electrons. The summed E-state index contributed by atoms with van der Waals surface area (Å²) in [6.45, 7) is 12.1. The Morgan fingerprint density at radius 3 is 1.56 bits per heavy atom. The topological polar surface area (TPSA) is 72.2 Å². The van der Waals surface area contributed by atoms with Crippen molar-refractivity contribution in [3.8, 4) is 0 Å². The van der Waals surface area contributed by atoms with E-state index in [1.807, 2.05) is 93.6 Å². The van der Waals surface area contributed by atoms with Crippen molar-refractivity contribution in [2.24, 2.45) is 5.73 Å². The number of rotatable bonds is 7. The molecule has 6 heteroatoms. The van der Waals surface area contributed by atoms with Gasteiger partial charge in [0.25, 0.3) is 0 Å². The van der Waals surface area contributed by atoms with E-state index in [1.54, 1.807) is 0 Å². The van der Waals surface area contributed by atoms with Gasteiger partial charge in [0, 0.05) is 19.5 Å². The largest absolute Gasteiger partial charge is 0.322 e. The molecule has 208 valence electrons. The van der Waals surface area contributed by atoms with Crippen LogP contribution >= 0.6 is 0 Å². The van der Waals surface area contributed by atoms with E-state index in [0.717, 1.165) is 27.8 Å². The normalized spacial score (nSPS) is 12.6. The zero-order chi connectivity index (χ0) is 27.9. The Hall–Kier alpha value is -2.63. The Balaban J connectivity index is 0.000000410. The van der Waals surface area contributed by atoms with Gasteiger partial charge in [-0.3, -0.25) is 0 Å². The zero-order valence-electron chi connectivity index (χ0n) is 23.6. The van der Waals surface area contributed by atoms with Crippen LogP contribution in [0.4, 0.5) is 0 Å². The first-order valence-corrected chi connectivity index (χ1v) is 14.5. The molecule has 0 amide bonds. The van der Waals surface area contributed by atoms with E-state index in [2.05, 4.69) is 49.8 Å². The second-order valence-corrected chi connectivity index (χ2v) is 11.9. The van der Waals surface area contributed by atoms with Gasteiger partial charge in [0.05, 0.1) is 17.0 Å². The third-order valence-corrected chi connectivity index (χ3v) is 8.35. The fraction of sp³-hybridized carbons (Fsp3) is 0.273. The van der Waals surface area contributed by atoms with Gasteiger partial charge in [-0.2, -0.15) is 0 Å². The SMILES string of the molecule is Cc1cc(C)c(S(=O)(=O)N[C@@H](c2ccccc2)[C@@H](N)c2ccccc2)c(C)c1.Cc1ccc(C(C)C)cc1.[Ru]. The molecular weight excluding hydrogens is 590 g/mol. The predicted molar refractivity (Wildman–Crippen MR) is 159 cm³/mol. The number of benzene rings is 4. The van der Waals surface area contributed by atoms with Crippen LogP contribution in [0.3, 0.4) is 0 Å². The van der Waals surface area contributed by atoms with Crippen LogP contribution in [0.25, 0.3) is 0 Å². The molecule has 0 aliphatic carbocycles. The Kier molecular flexibility index (Phi) is 12.3. The average Bonchev–Trinajstić information content (AvgIpc) is 2.88. The third kappa shape index (κ3) is 8.94. The summed E-state index contributed by atoms with van der Waals surface area (Å²) < 4.78 is 29.5. The van der Waals surface area contributed by atoms with E-state index in [1.165, 1.54) is 11.1 Å². The van der Waals surface area contributed by atoms with E-state index in [-0.39, 0.29) is 19.5 Å². The zero-order valence-corrected chi connectivity index (χ0v) is 26.2. The maximum absolute atomic E-state index is 13.3. The fourth-order valence-corrected chi connectivity index (χ4v) is 6.35. The summed E-state index contributed by atoms with van der Waals surface area (Å²) in [5, 5.41) is 0. The first-order chi connectivity index (χ1) is 18.0. The molecule has 4 aromatic carbocycles. The van der Waals surface area contributed by atoms with Crippen LogP contribution in [0.1, 0.15) is 70.8 Å². The van der Waals surface area contributed by atoms with Gasteiger partial charge in [-0.25, -0.2) is 13.1 Å². The molecule has 0 bridgehead atoms. The van der Waals surface area contributed by atoms with Gasteiger partial charge in [-0.1, -0.05) is 122 Å². The number of hydrogen-bond donors (Lipinski definition) is 2. The number of hydrogen-bond acceptors (Lipinski definition) is 3. The molecule has 0 aromatic heterocycles. The van der Waals surface area contributed by atoms with Gasteiger partial charge in [0.1, 0.15) is 0 Å². The molecule has 0 aliphatic heterocycles. The second-order valence-electron chi connectivity index (χ2n) is 10.2. The Morgan fingerprint density at radius 2 is 1.10 bits per heavy atom. The molecule has 4 aromatic rings. The summed E-state index contributed by atoms with van der Waals surface area (Å²) >= 11 is 0. The van der Waals surface area contributed by atoms with Crippen LogP contribution in [-0.4, -0.2) is 8.42 Å². The van der Waals surface area contributed by atoms with E-state index < -0.39 is 22.1 Å². The summed E-state index contributed by atoms with van der Waals surface area (Å²) in [7, 11) is -3.77. The van der Waals surface area contributed by atoms with Crippen LogP contribution < -0.4 is 10.5 Å². The summed E-state index contributed by atoms with van der Waals surface area (Å²) in [6, 6.07) is 30.4. The summed E-state index contributed by atoms with van der Waals surface area (Å²) in [5.74, 6) is 0.653. The van der Waals surface area contributed by atoms with Crippen LogP contribution in [0.2, 0.25) is 0 Å². The molecule has 3 N–H and O–H groups in total. The number of nitrogens with two attached hydrogens (primary N) is 1. The molecule has 39 heavy (non-hydrogen) atoms. The van der Waals surface area contributed by atoms with E-state index in [4.69, 9.17) is 5.73 Å². The molecule has 0 spiro atoms. The monoisotopic (exact) mass is 630 g/mol. The van der Waals surface area contributed by atoms with Crippen LogP contribution in [0.5, 0.6) is 0 Å². The molecular formula is C33H40N2O2RuS. The molecule has 0 saturated carbocycles. The van der Waals surface area contributed by atoms with E-state index >= 15 is 0 Å². The molecule has 4 nitrogen and oxygen atoms in total. The minimum absolute atomic E-state index is 0. The minimum Gasteiger partial charge on any atom is -0.322 e. The smallest absolute Gasteiger partial charge is 0.241 e. The molecule has 2 atom stereocenters. The van der Waals surface area contributed by atoms with Gasteiger partial charge in [-0.15, -0.1) is 0 Å². The molecule has 0 unspecified atom stereocenters. The Labute approximate surface area is 247 Å². The van der Waals surface area contributed by atoms with Gasteiger partial charge in [0.2, 0.25) is 10.0 Å². The van der Waals surface area contributed by atoms with Crippen molar-refractivity contribution in [3.05, 3.63) is 136 Å². The van der Waals surface area contributed by atoms with Crippen molar-refractivity contribution in [1.29, 1.82) is 0 Å². The molecule has 0 saturated heterocycles. The Bertz CT molecular complexity index is 1400. The van der Waals surface area contributed by atoms with Crippen molar-refractivity contribution < 1.29 is 27.9 Å². The fourth-order valence-electron chi connectivity index (χ4n) is 4.64. The van der Waals surface area contributed by atoms with Gasteiger partial charge >= 0.3 is 0 Å². The third-order valence-electron chi connectivity index (χ3n) is 6.60. The van der Waals surface area contributed by atoms with Crippen molar-refractivity contribution >= 4 is 10.0 Å². The first-order valence-electron chi connectivity index (χ1n) is 13.0. The maximum atomic E-state index is 13.3. The molecule has 4 rings (SSSR count). The standard InChI is InChI=1S/C23H26N2O2S.C10H14.Ru/c1-16-14-17(2)23(18(3)15-16)28(26,27)25-22(20-12-8-5-9-13-20)21(24)19-10-6-4-7-11-19;1-8(2)10-6-4-9(3)5-7-10;/h4-15,21-22,25H,24H2,1-3H3;4-8H,1-3H3;/t21-,22-;;/m0../s1. The first kappa shape index (κ1) is 32.6. The van der Waals surface area contributed by atoms with E-state index in [9.17, 15) is 8.42 Å². The van der Waals surface area contributed by atoms with Crippen LogP contribution in [0.15, 0.2) is 102 Å². The molecule has 0 fully saturated rings. The molecule has 0 heterocycles. The van der Waals surface area contributed by atoms with Gasteiger partial charge in [0.15, 0.2) is 0 Å². The quantitative estimate of drug-likeness (QED) is 0.209. The van der Waals surface area contributed by atoms with Crippen LogP contribution in [-0.2, 0) is 29.5 Å². The van der Waals surface area contributed by atoms with Gasteiger partial charge in [-0.05, 0) is 61.4 Å². The Morgan fingerprint density at radius 1 is 0.641 bits per heavy atom. The second kappa shape index (κ2) is 14.7. The number of aryl methyl sites for hydroxylation is 4. The van der Waals surface area contributed by atoms with Crippen LogP contribution in [0, 0.1) is 27.7 Å². The van der Waals surface area contributed by atoms with E-state index in [0.29, 0.717) is 10.8 Å². The molecule has 0 aliphatic rings. The predicted octanol–water partition coefficient (Wildman–Crippen LogP) is 7.45. The summed E-state index contributed by atoms with van der Waals surface area (Å²) in [5.41, 5.74) is 13.5. The van der Waals surface area contributed by atoms with Crippen molar-refractivity contribution in [3.63, 3.8) is 0 Å². The van der Waals surface area contributed by atoms with Crippen molar-refractivity contribution in [1.82, 2.24) is 4.72 Å². The maximum Gasteiger partial charge on any atom is 0.241 e. The van der Waals surface area contributed by atoms with Gasteiger partial charge < -0.3 is 5.73 Å². The number of sulfonamides is 1. The summed E-state index contributed by atoms with van der Waals surface area (Å²) in [6.07, 6.45) is 0. The minimum atomic E-state index is -3.77. The van der Waals surface area contributed by atoms with Crippen molar-refractivity contribution in [2.75, 3.05) is 0 Å². The van der Waals surface area contributed by atoms with Crippen molar-refractivity contribution in [2.45, 2.75) is 64.4 Å². The summed E-state index contributed by atoms with van der Waals surface area (Å²) in [4.78, 5) is 0.319.